The van der Waals surface area contributed by atoms with Crippen molar-refractivity contribution in [1.29, 1.82) is 0 Å². The van der Waals surface area contributed by atoms with Gasteiger partial charge in [-0.05, 0) is 12.5 Å². The largest absolute Gasteiger partial charge is 0.615 e. The minimum absolute atomic E-state index is 0.114. The third-order valence-corrected chi connectivity index (χ3v) is 6.29. The Kier molecular flexibility index (Phi) is 3.48. The van der Waals surface area contributed by atoms with Gasteiger partial charge in [0.15, 0.2) is 0 Å². The van der Waals surface area contributed by atoms with Crippen LogP contribution >= 0.6 is 0 Å². The van der Waals surface area contributed by atoms with Gasteiger partial charge in [0, 0.05) is 5.56 Å². The van der Waals surface area contributed by atoms with Crippen LogP contribution in [0.25, 0.3) is 0 Å². The molecule has 3 aliphatic heterocycles. The van der Waals surface area contributed by atoms with Gasteiger partial charge in [-0.1, -0.05) is 60.7 Å². The van der Waals surface area contributed by atoms with Crippen LogP contribution in [0.3, 0.4) is 0 Å². The van der Waals surface area contributed by atoms with E-state index in [1.54, 1.807) is 0 Å². The van der Waals surface area contributed by atoms with Crippen molar-refractivity contribution < 1.29 is 28.0 Å². The van der Waals surface area contributed by atoms with Crippen molar-refractivity contribution in [1.82, 2.24) is 0 Å². The number of rotatable bonds is 4. The molecule has 7 heteroatoms. The predicted octanol–water partition coefficient (Wildman–Crippen LogP) is 2.30. The number of hydrogen-bond donors (Lipinski definition) is 0. The smallest absolute Gasteiger partial charge is 0.598 e. The molecule has 3 saturated heterocycles. The average molecular weight is 365 g/mol. The molecule has 0 bridgehead atoms. The van der Waals surface area contributed by atoms with E-state index in [-0.39, 0.29) is 41.6 Å². The molecule has 0 N–H and O–H groups in total. The van der Waals surface area contributed by atoms with E-state index in [0.29, 0.717) is 0 Å². The number of carbonyl (C=O) groups excluding carboxylic acids is 2. The van der Waals surface area contributed by atoms with E-state index in [2.05, 4.69) is 0 Å². The topological polar surface area (TPSA) is 65.1 Å². The fourth-order valence-corrected chi connectivity index (χ4v) is 4.87. The van der Waals surface area contributed by atoms with E-state index in [0.717, 1.165) is 11.1 Å². The summed E-state index contributed by atoms with van der Waals surface area (Å²) < 4.78 is 17.7. The number of benzene rings is 2. The van der Waals surface area contributed by atoms with Crippen LogP contribution in [0.5, 0.6) is 0 Å². The van der Waals surface area contributed by atoms with Gasteiger partial charge in [-0.3, -0.25) is 9.59 Å². The third-order valence-electron chi connectivity index (χ3n) is 6.29. The molecule has 6 nitrogen and oxygen atoms in total. The molecule has 138 valence electrons. The molecule has 5 rings (SSSR count). The standard InChI is InChI=1S/C20H20BNO5/c1-14(15-8-4-2-5-9-15)22-12-17(23)26-21(22,27-18(24)13-22)20-19(25-20)16-10-6-3-7-11-16/h2-11,14,19-20H,12-13H2,1H3. The van der Waals surface area contributed by atoms with E-state index >= 15 is 0 Å². The van der Waals surface area contributed by atoms with Crippen molar-refractivity contribution in [2.24, 2.45) is 0 Å². The van der Waals surface area contributed by atoms with E-state index in [4.69, 9.17) is 14.0 Å². The molecule has 0 spiro atoms. The van der Waals surface area contributed by atoms with Crippen LogP contribution < -0.4 is 0 Å². The van der Waals surface area contributed by atoms with Crippen molar-refractivity contribution in [3.63, 3.8) is 0 Å². The van der Waals surface area contributed by atoms with Crippen molar-refractivity contribution >= 4 is 18.6 Å². The van der Waals surface area contributed by atoms with Crippen LogP contribution in [0.4, 0.5) is 0 Å². The second-order valence-corrected chi connectivity index (χ2v) is 7.65. The maximum Gasteiger partial charge on any atom is 0.615 e. The van der Waals surface area contributed by atoms with Crippen LogP contribution in [0.2, 0.25) is 0 Å². The zero-order valence-electron chi connectivity index (χ0n) is 15.0. The van der Waals surface area contributed by atoms with Gasteiger partial charge >= 0.3 is 18.6 Å². The van der Waals surface area contributed by atoms with Gasteiger partial charge in [-0.25, -0.2) is 0 Å². The van der Waals surface area contributed by atoms with Crippen molar-refractivity contribution in [2.45, 2.75) is 25.1 Å². The monoisotopic (exact) mass is 365 g/mol. The van der Waals surface area contributed by atoms with Gasteiger partial charge in [0.25, 0.3) is 0 Å². The van der Waals surface area contributed by atoms with E-state index in [1.165, 1.54) is 0 Å². The fraction of sp³-hybridized carbons (Fsp3) is 0.300. The summed E-state index contributed by atoms with van der Waals surface area (Å²) in [6, 6.07) is 19.0. The Morgan fingerprint density at radius 1 is 0.926 bits per heavy atom. The lowest BCUT2D eigenvalue weighted by atomic mass is 9.60. The molecule has 27 heavy (non-hydrogen) atoms. The van der Waals surface area contributed by atoms with Gasteiger partial charge in [0.1, 0.15) is 19.1 Å². The lowest BCUT2D eigenvalue weighted by molar-refractivity contribution is -0.847. The maximum absolute atomic E-state index is 12.4. The van der Waals surface area contributed by atoms with Crippen molar-refractivity contribution in [2.75, 3.05) is 13.1 Å². The molecular weight excluding hydrogens is 345 g/mol. The number of nitrogens with zero attached hydrogens (tertiary/aromatic N) is 1. The summed E-state index contributed by atoms with van der Waals surface area (Å²) in [6.07, 6.45) is -0.233. The van der Waals surface area contributed by atoms with Crippen molar-refractivity contribution in [3.8, 4) is 0 Å². The lowest BCUT2D eigenvalue weighted by Crippen LogP contribution is -2.67. The second-order valence-electron chi connectivity index (χ2n) is 7.65. The number of carbonyl (C=O) groups is 2. The Labute approximate surface area is 157 Å². The summed E-state index contributed by atoms with van der Waals surface area (Å²) in [5, 5.41) is 0. The number of ether oxygens (including phenoxy) is 1. The molecule has 0 aromatic heterocycles. The van der Waals surface area contributed by atoms with E-state index in [1.807, 2.05) is 67.6 Å². The highest BCUT2D eigenvalue weighted by molar-refractivity contribution is 6.68. The van der Waals surface area contributed by atoms with Crippen LogP contribution in [0.15, 0.2) is 60.7 Å². The summed E-state index contributed by atoms with van der Waals surface area (Å²) in [7, 11) is 0. The van der Waals surface area contributed by atoms with Crippen LogP contribution in [0, 0.1) is 0 Å². The summed E-state index contributed by atoms with van der Waals surface area (Å²) in [5.41, 5.74) is 2.03. The highest BCUT2D eigenvalue weighted by atomic mass is 16.7. The number of quaternary nitrogens is 1. The molecule has 2 aromatic carbocycles. The third kappa shape index (κ3) is 2.28. The van der Waals surface area contributed by atoms with Crippen molar-refractivity contribution in [3.05, 3.63) is 71.8 Å². The van der Waals surface area contributed by atoms with E-state index < -0.39 is 12.7 Å². The molecular formula is C20H20BNO5. The first kappa shape index (κ1) is 16.5. The molecule has 0 amide bonds. The predicted molar refractivity (Wildman–Crippen MR) is 96.8 cm³/mol. The van der Waals surface area contributed by atoms with Crippen LogP contribution in [-0.4, -0.2) is 42.1 Å². The summed E-state index contributed by atoms with van der Waals surface area (Å²) >= 11 is 0. The molecule has 3 fully saturated rings. The zero-order chi connectivity index (χ0) is 18.6. The Morgan fingerprint density at radius 3 is 2.07 bits per heavy atom. The SMILES string of the molecule is CC(c1ccccc1)[N+]12CC(=O)O[B-]1(C1OC1c1ccccc1)OC(=O)C2. The number of hydrogen-bond acceptors (Lipinski definition) is 5. The molecule has 0 radical (unpaired) electrons. The molecule has 3 aliphatic rings. The fourth-order valence-electron chi connectivity index (χ4n) is 4.87. The van der Waals surface area contributed by atoms with Gasteiger partial charge in [-0.15, -0.1) is 0 Å². The first-order valence-corrected chi connectivity index (χ1v) is 9.26. The number of fused-ring (bicyclic) bond motifs is 1. The lowest BCUT2D eigenvalue weighted by Gasteiger charge is -2.47. The Hall–Kier alpha value is -2.64. The zero-order valence-corrected chi connectivity index (χ0v) is 15.0. The molecule has 0 saturated carbocycles. The van der Waals surface area contributed by atoms with Crippen LogP contribution in [-0.2, 0) is 23.6 Å². The summed E-state index contributed by atoms with van der Waals surface area (Å²) in [6.45, 7) is -0.0252. The molecule has 3 unspecified atom stereocenters. The summed E-state index contributed by atoms with van der Waals surface area (Å²) in [5.74, 6) is -0.680. The Balaban J connectivity index is 1.57. The average Bonchev–Trinajstić information content (AvgIpc) is 3.37. The highest BCUT2D eigenvalue weighted by Crippen LogP contribution is 2.55. The minimum Gasteiger partial charge on any atom is -0.598 e. The minimum atomic E-state index is -2.28. The summed E-state index contributed by atoms with van der Waals surface area (Å²) in [4.78, 5) is 24.8. The van der Waals surface area contributed by atoms with Gasteiger partial charge in [0.05, 0.1) is 12.1 Å². The van der Waals surface area contributed by atoms with Crippen LogP contribution in [0.1, 0.15) is 30.2 Å². The van der Waals surface area contributed by atoms with Gasteiger partial charge < -0.3 is 18.4 Å². The first-order chi connectivity index (χ1) is 13.1. The normalized spacial score (nSPS) is 35.3. The Bertz CT molecular complexity index is 883. The quantitative estimate of drug-likeness (QED) is 0.615. The van der Waals surface area contributed by atoms with E-state index in [9.17, 15) is 9.59 Å². The first-order valence-electron chi connectivity index (χ1n) is 9.26. The molecule has 2 aromatic rings. The molecule has 3 atom stereocenters. The Morgan fingerprint density at radius 2 is 1.48 bits per heavy atom. The highest BCUT2D eigenvalue weighted by Gasteiger charge is 2.78. The molecule has 0 aliphatic carbocycles. The maximum atomic E-state index is 12.4. The van der Waals surface area contributed by atoms with Gasteiger partial charge in [0.2, 0.25) is 0 Å². The van der Waals surface area contributed by atoms with Gasteiger partial charge in [-0.2, -0.15) is 0 Å². The number of epoxide rings is 1. The second kappa shape index (κ2) is 5.68. The molecule has 3 heterocycles.